The second kappa shape index (κ2) is 10.7. The van der Waals surface area contributed by atoms with Crippen molar-refractivity contribution in [1.82, 2.24) is 15.5 Å². The molecule has 4 rings (SSSR count). The van der Waals surface area contributed by atoms with Gasteiger partial charge in [-0.25, -0.2) is 0 Å². The highest BCUT2D eigenvalue weighted by Crippen LogP contribution is 2.33. The van der Waals surface area contributed by atoms with Gasteiger partial charge in [-0.3, -0.25) is 4.79 Å². The Morgan fingerprint density at radius 1 is 1.07 bits per heavy atom. The fraction of sp³-hybridized carbons (Fsp3) is 0.950. The third-order valence-corrected chi connectivity index (χ3v) is 7.83. The van der Waals surface area contributed by atoms with Gasteiger partial charge >= 0.3 is 0 Å². The average molecular weight is 418 g/mol. The van der Waals surface area contributed by atoms with Crippen LogP contribution in [0.25, 0.3) is 0 Å². The molecule has 0 spiro atoms. The molecule has 0 bridgehead atoms. The van der Waals surface area contributed by atoms with Gasteiger partial charge in [0.05, 0.1) is 13.2 Å². The Kier molecular flexibility index (Phi) is 8.58. The maximum Gasteiger partial charge on any atom is 0.225 e. The molecule has 156 valence electrons. The minimum atomic E-state index is 0. The molecule has 1 amide bonds. The van der Waals surface area contributed by atoms with Gasteiger partial charge < -0.3 is 20.3 Å². The van der Waals surface area contributed by atoms with Crippen molar-refractivity contribution in [3.8, 4) is 0 Å². The normalized spacial score (nSPS) is 37.6. The molecule has 2 saturated carbocycles. The van der Waals surface area contributed by atoms with E-state index in [-0.39, 0.29) is 18.3 Å². The Hall–Kier alpha value is -0.0100. The molecule has 2 heterocycles. The lowest BCUT2D eigenvalue weighted by Gasteiger charge is -2.37. The highest BCUT2D eigenvalue weighted by molar-refractivity contribution is 7.99. The summed E-state index contributed by atoms with van der Waals surface area (Å²) < 4.78 is 5.70. The zero-order valence-electron chi connectivity index (χ0n) is 16.4. The van der Waals surface area contributed by atoms with Gasteiger partial charge in [-0.15, -0.1) is 12.4 Å². The van der Waals surface area contributed by atoms with E-state index in [9.17, 15) is 4.79 Å². The second-order valence-electron chi connectivity index (χ2n) is 8.49. The second-order valence-corrected chi connectivity index (χ2v) is 9.71. The van der Waals surface area contributed by atoms with Crippen LogP contribution in [0, 0.1) is 11.8 Å². The monoisotopic (exact) mass is 417 g/mol. The number of halogens is 1. The van der Waals surface area contributed by atoms with Crippen LogP contribution in [-0.4, -0.2) is 73.3 Å². The number of carbonyl (C=O) groups is 1. The fourth-order valence-corrected chi connectivity index (χ4v) is 6.29. The summed E-state index contributed by atoms with van der Waals surface area (Å²) in [5.41, 5.74) is 0. The van der Waals surface area contributed by atoms with E-state index in [0.29, 0.717) is 30.0 Å². The van der Waals surface area contributed by atoms with Crippen LogP contribution in [0.4, 0.5) is 0 Å². The highest BCUT2D eigenvalue weighted by atomic mass is 35.5. The summed E-state index contributed by atoms with van der Waals surface area (Å²) in [7, 11) is 0. The number of amides is 1. The molecule has 2 N–H and O–H groups in total. The predicted octanol–water partition coefficient (Wildman–Crippen LogP) is 2.29. The lowest BCUT2D eigenvalue weighted by molar-refractivity contribution is -0.136. The van der Waals surface area contributed by atoms with Crippen molar-refractivity contribution in [2.75, 3.05) is 44.4 Å². The first-order chi connectivity index (χ1) is 12.8. The minimum Gasteiger partial charge on any atom is -0.379 e. The summed E-state index contributed by atoms with van der Waals surface area (Å²) in [4.78, 5) is 14.9. The zero-order chi connectivity index (χ0) is 17.8. The number of thioether (sulfide) groups is 1. The topological polar surface area (TPSA) is 53.6 Å². The van der Waals surface area contributed by atoms with Crippen molar-refractivity contribution in [1.29, 1.82) is 0 Å². The van der Waals surface area contributed by atoms with E-state index in [1.807, 2.05) is 11.8 Å². The molecule has 5 nitrogen and oxygen atoms in total. The standard InChI is InChI=1S/C20H35N3O2S.ClH/c24-20(23-9-12-26-13-10-23)15-4-6-16(7-5-15)22-18-3-1-2-17(18)19-14-25-11-8-21-19;/h15-19,21-22H,1-14H2;1H. The SMILES string of the molecule is Cl.O=C(C1CCC(NC2CCCC2C2COCCN2)CC1)N1CCSCC1. The van der Waals surface area contributed by atoms with Crippen LogP contribution in [-0.2, 0) is 9.53 Å². The number of carbonyl (C=O) groups excluding carboxylic acids is 1. The third kappa shape index (κ3) is 5.53. The van der Waals surface area contributed by atoms with Gasteiger partial charge in [0.25, 0.3) is 0 Å². The van der Waals surface area contributed by atoms with Crippen LogP contribution in [0.15, 0.2) is 0 Å². The first kappa shape index (κ1) is 21.7. The van der Waals surface area contributed by atoms with Gasteiger partial charge in [-0.1, -0.05) is 6.42 Å². The molecular formula is C20H36ClN3O2S. The number of hydrogen-bond donors (Lipinski definition) is 2. The summed E-state index contributed by atoms with van der Waals surface area (Å²) >= 11 is 1.97. The van der Waals surface area contributed by atoms with E-state index in [1.54, 1.807) is 0 Å². The van der Waals surface area contributed by atoms with Gasteiger partial charge in [-0.2, -0.15) is 11.8 Å². The van der Waals surface area contributed by atoms with Gasteiger partial charge in [0.2, 0.25) is 5.91 Å². The molecule has 7 heteroatoms. The quantitative estimate of drug-likeness (QED) is 0.735. The Morgan fingerprint density at radius 3 is 2.56 bits per heavy atom. The van der Waals surface area contributed by atoms with Crippen LogP contribution in [0.5, 0.6) is 0 Å². The Labute approximate surface area is 174 Å². The lowest BCUT2D eigenvalue weighted by Crippen LogP contribution is -2.53. The molecule has 0 aromatic carbocycles. The molecule has 27 heavy (non-hydrogen) atoms. The fourth-order valence-electron chi connectivity index (χ4n) is 5.39. The van der Waals surface area contributed by atoms with Crippen LogP contribution < -0.4 is 10.6 Å². The number of morpholine rings is 1. The molecule has 3 unspecified atom stereocenters. The molecule has 0 radical (unpaired) electrons. The van der Waals surface area contributed by atoms with Crippen molar-refractivity contribution in [2.45, 2.75) is 63.1 Å². The number of nitrogens with zero attached hydrogens (tertiary/aromatic N) is 1. The summed E-state index contributed by atoms with van der Waals surface area (Å²) in [5, 5.41) is 7.65. The van der Waals surface area contributed by atoms with Gasteiger partial charge in [0.1, 0.15) is 0 Å². The third-order valence-electron chi connectivity index (χ3n) is 6.89. The summed E-state index contributed by atoms with van der Waals surface area (Å²) in [6.07, 6.45) is 8.42. The molecule has 0 aromatic rings. The molecule has 4 aliphatic rings. The molecule has 2 aliphatic carbocycles. The minimum absolute atomic E-state index is 0. The zero-order valence-corrected chi connectivity index (χ0v) is 18.0. The van der Waals surface area contributed by atoms with Crippen LogP contribution >= 0.6 is 24.2 Å². The molecular weight excluding hydrogens is 382 g/mol. The predicted molar refractivity (Wildman–Crippen MR) is 114 cm³/mol. The van der Waals surface area contributed by atoms with Gasteiger partial charge in [0, 0.05) is 55.2 Å². The molecule has 0 aromatic heterocycles. The molecule has 3 atom stereocenters. The number of rotatable bonds is 4. The smallest absolute Gasteiger partial charge is 0.225 e. The Morgan fingerprint density at radius 2 is 1.85 bits per heavy atom. The summed E-state index contributed by atoms with van der Waals surface area (Å²) in [6, 6.07) is 1.76. The molecule has 4 fully saturated rings. The summed E-state index contributed by atoms with van der Waals surface area (Å²) in [6.45, 7) is 4.65. The van der Waals surface area contributed by atoms with E-state index >= 15 is 0 Å². The first-order valence-electron chi connectivity index (χ1n) is 10.7. The van der Waals surface area contributed by atoms with Crippen molar-refractivity contribution in [3.05, 3.63) is 0 Å². The first-order valence-corrected chi connectivity index (χ1v) is 11.9. The maximum atomic E-state index is 12.7. The van der Waals surface area contributed by atoms with Crippen molar-refractivity contribution in [3.63, 3.8) is 0 Å². The Bertz CT molecular complexity index is 464. The number of nitrogens with one attached hydrogen (secondary N) is 2. The largest absolute Gasteiger partial charge is 0.379 e. The van der Waals surface area contributed by atoms with Crippen molar-refractivity contribution in [2.24, 2.45) is 11.8 Å². The van der Waals surface area contributed by atoms with Gasteiger partial charge in [-0.05, 0) is 44.4 Å². The van der Waals surface area contributed by atoms with Crippen LogP contribution in [0.2, 0.25) is 0 Å². The summed E-state index contributed by atoms with van der Waals surface area (Å²) in [5.74, 6) is 3.66. The van der Waals surface area contributed by atoms with Crippen LogP contribution in [0.3, 0.4) is 0 Å². The van der Waals surface area contributed by atoms with Gasteiger partial charge in [0.15, 0.2) is 0 Å². The van der Waals surface area contributed by atoms with E-state index in [0.717, 1.165) is 70.0 Å². The molecule has 2 saturated heterocycles. The van der Waals surface area contributed by atoms with Crippen molar-refractivity contribution < 1.29 is 9.53 Å². The van der Waals surface area contributed by atoms with Crippen molar-refractivity contribution >= 4 is 30.1 Å². The van der Waals surface area contributed by atoms with E-state index in [1.165, 1.54) is 19.3 Å². The van der Waals surface area contributed by atoms with E-state index < -0.39 is 0 Å². The lowest BCUT2D eigenvalue weighted by atomic mass is 9.84. The van der Waals surface area contributed by atoms with Crippen LogP contribution in [0.1, 0.15) is 44.9 Å². The number of ether oxygens (including phenoxy) is 1. The van der Waals surface area contributed by atoms with E-state index in [4.69, 9.17) is 4.74 Å². The maximum absolute atomic E-state index is 12.7. The Balaban J connectivity index is 0.00000210. The average Bonchev–Trinajstić information content (AvgIpc) is 3.17. The van der Waals surface area contributed by atoms with E-state index in [2.05, 4.69) is 15.5 Å². The molecule has 2 aliphatic heterocycles. The number of hydrogen-bond acceptors (Lipinski definition) is 5. The highest BCUT2D eigenvalue weighted by Gasteiger charge is 2.37.